The monoisotopic (exact) mass is 285 g/mol. The van der Waals surface area contributed by atoms with Crippen LogP contribution < -0.4 is 10.2 Å². The summed E-state index contributed by atoms with van der Waals surface area (Å²) < 4.78 is 0. The number of H-pyrrole nitrogens is 1. The summed E-state index contributed by atoms with van der Waals surface area (Å²) in [4.78, 5) is 6.91. The number of benzene rings is 1. The van der Waals surface area contributed by atoms with Gasteiger partial charge >= 0.3 is 0 Å². The van der Waals surface area contributed by atoms with Gasteiger partial charge in [0, 0.05) is 26.1 Å². The molecule has 21 heavy (non-hydrogen) atoms. The minimum atomic E-state index is 0.846. The van der Waals surface area contributed by atoms with E-state index in [1.807, 2.05) is 0 Å². The second kappa shape index (κ2) is 6.72. The number of anilines is 1. The predicted octanol–water partition coefficient (Wildman–Crippen LogP) is 1.70. The molecule has 0 radical (unpaired) electrons. The molecule has 1 saturated heterocycles. The molecule has 0 unspecified atom stereocenters. The van der Waals surface area contributed by atoms with Crippen LogP contribution >= 0.6 is 0 Å². The Labute approximate surface area is 125 Å². The van der Waals surface area contributed by atoms with Gasteiger partial charge in [0.05, 0.1) is 0 Å². The van der Waals surface area contributed by atoms with E-state index >= 15 is 0 Å². The normalized spacial score (nSPS) is 16.0. The minimum absolute atomic E-state index is 0.846. The lowest BCUT2D eigenvalue weighted by atomic mass is 10.0. The molecule has 0 aliphatic carbocycles. The van der Waals surface area contributed by atoms with Gasteiger partial charge in [-0.1, -0.05) is 24.3 Å². The molecule has 0 saturated carbocycles. The van der Waals surface area contributed by atoms with Crippen LogP contribution in [0.25, 0.3) is 0 Å². The van der Waals surface area contributed by atoms with Crippen molar-refractivity contribution in [3.8, 4) is 0 Å². The summed E-state index contributed by atoms with van der Waals surface area (Å²) in [6.45, 7) is 6.26. The Morgan fingerprint density at radius 1 is 1.14 bits per heavy atom. The fourth-order valence-electron chi connectivity index (χ4n) is 2.73. The van der Waals surface area contributed by atoms with Crippen molar-refractivity contribution < 1.29 is 0 Å². The molecule has 0 amide bonds. The zero-order chi connectivity index (χ0) is 14.5. The van der Waals surface area contributed by atoms with E-state index in [1.54, 1.807) is 0 Å². The van der Waals surface area contributed by atoms with Gasteiger partial charge in [0.25, 0.3) is 0 Å². The predicted molar refractivity (Wildman–Crippen MR) is 84.7 cm³/mol. The Balaban J connectivity index is 1.61. The molecule has 1 aliphatic heterocycles. The molecule has 3 rings (SSSR count). The van der Waals surface area contributed by atoms with E-state index in [0.29, 0.717) is 0 Å². The van der Waals surface area contributed by atoms with Crippen molar-refractivity contribution in [1.29, 1.82) is 0 Å². The number of aryl methyl sites for hydroxylation is 3. The van der Waals surface area contributed by atoms with Crippen molar-refractivity contribution in [2.45, 2.75) is 26.2 Å². The standard InChI is InChI=1S/C16H23N5/c1-13-5-2-3-6-14(13)7-8-15-18-16(20-19-15)21-11-4-9-17-10-12-21/h2-3,5-6,17H,4,7-12H2,1H3,(H,18,19,20). The topological polar surface area (TPSA) is 56.8 Å². The fourth-order valence-corrected chi connectivity index (χ4v) is 2.73. The Morgan fingerprint density at radius 3 is 2.95 bits per heavy atom. The number of aromatic nitrogens is 3. The summed E-state index contributed by atoms with van der Waals surface area (Å²) in [5, 5.41) is 10.9. The zero-order valence-corrected chi connectivity index (χ0v) is 12.6. The summed E-state index contributed by atoms with van der Waals surface area (Å²) >= 11 is 0. The van der Waals surface area contributed by atoms with E-state index in [-0.39, 0.29) is 0 Å². The zero-order valence-electron chi connectivity index (χ0n) is 12.6. The molecule has 112 valence electrons. The van der Waals surface area contributed by atoms with Crippen molar-refractivity contribution in [1.82, 2.24) is 20.5 Å². The van der Waals surface area contributed by atoms with Gasteiger partial charge in [-0.25, -0.2) is 0 Å². The lowest BCUT2D eigenvalue weighted by Gasteiger charge is -2.16. The molecule has 1 aromatic heterocycles. The third-order valence-electron chi connectivity index (χ3n) is 4.04. The molecule has 0 spiro atoms. The average Bonchev–Trinajstić information content (AvgIpc) is 2.80. The average molecular weight is 285 g/mol. The molecule has 1 aromatic carbocycles. The SMILES string of the molecule is Cc1ccccc1CCc1nc(N2CCCNCC2)n[nH]1. The summed E-state index contributed by atoms with van der Waals surface area (Å²) in [5.74, 6) is 1.82. The second-order valence-electron chi connectivity index (χ2n) is 5.60. The van der Waals surface area contributed by atoms with Crippen LogP contribution in [0.2, 0.25) is 0 Å². The largest absolute Gasteiger partial charge is 0.338 e. The molecule has 1 fully saturated rings. The highest BCUT2D eigenvalue weighted by atomic mass is 15.4. The molecule has 2 N–H and O–H groups in total. The first-order valence-corrected chi connectivity index (χ1v) is 7.74. The summed E-state index contributed by atoms with van der Waals surface area (Å²) in [7, 11) is 0. The lowest BCUT2D eigenvalue weighted by molar-refractivity contribution is 0.724. The molecule has 0 bridgehead atoms. The van der Waals surface area contributed by atoms with Gasteiger partial charge in [-0.05, 0) is 37.4 Å². The van der Waals surface area contributed by atoms with Crippen LogP contribution in [0.1, 0.15) is 23.4 Å². The van der Waals surface area contributed by atoms with E-state index in [4.69, 9.17) is 0 Å². The van der Waals surface area contributed by atoms with E-state index < -0.39 is 0 Å². The third-order valence-corrected chi connectivity index (χ3v) is 4.04. The molecule has 2 heterocycles. The van der Waals surface area contributed by atoms with E-state index in [0.717, 1.165) is 57.2 Å². The van der Waals surface area contributed by atoms with Gasteiger partial charge in [0.15, 0.2) is 0 Å². The van der Waals surface area contributed by atoms with E-state index in [2.05, 4.69) is 56.6 Å². The number of aromatic amines is 1. The van der Waals surface area contributed by atoms with Crippen LogP contribution in [-0.2, 0) is 12.8 Å². The van der Waals surface area contributed by atoms with E-state index in [1.165, 1.54) is 11.1 Å². The maximum absolute atomic E-state index is 4.65. The Morgan fingerprint density at radius 2 is 2.05 bits per heavy atom. The van der Waals surface area contributed by atoms with Gasteiger partial charge in [-0.3, -0.25) is 5.10 Å². The Hall–Kier alpha value is -1.88. The highest BCUT2D eigenvalue weighted by Crippen LogP contribution is 2.12. The van der Waals surface area contributed by atoms with Crippen LogP contribution in [0.3, 0.4) is 0 Å². The van der Waals surface area contributed by atoms with Crippen molar-refractivity contribution >= 4 is 5.95 Å². The maximum Gasteiger partial charge on any atom is 0.244 e. The van der Waals surface area contributed by atoms with Crippen LogP contribution in [0, 0.1) is 6.92 Å². The smallest absolute Gasteiger partial charge is 0.244 e. The molecule has 5 heteroatoms. The highest BCUT2D eigenvalue weighted by molar-refractivity contribution is 5.30. The summed E-state index contributed by atoms with van der Waals surface area (Å²) in [6, 6.07) is 8.52. The van der Waals surface area contributed by atoms with Gasteiger partial charge in [-0.2, -0.15) is 4.98 Å². The number of nitrogens with one attached hydrogen (secondary N) is 2. The minimum Gasteiger partial charge on any atom is -0.338 e. The van der Waals surface area contributed by atoms with Crippen molar-refractivity contribution in [3.63, 3.8) is 0 Å². The highest BCUT2D eigenvalue weighted by Gasteiger charge is 2.14. The first-order valence-electron chi connectivity index (χ1n) is 7.74. The maximum atomic E-state index is 4.65. The van der Waals surface area contributed by atoms with E-state index in [9.17, 15) is 0 Å². The number of hydrogen-bond donors (Lipinski definition) is 2. The molecule has 5 nitrogen and oxygen atoms in total. The van der Waals surface area contributed by atoms with Crippen LogP contribution in [0.4, 0.5) is 5.95 Å². The van der Waals surface area contributed by atoms with Gasteiger partial charge in [0.2, 0.25) is 5.95 Å². The first-order chi connectivity index (χ1) is 10.3. The van der Waals surface area contributed by atoms with Crippen molar-refractivity contribution in [2.75, 3.05) is 31.1 Å². The molecular weight excluding hydrogens is 262 g/mol. The number of hydrogen-bond acceptors (Lipinski definition) is 4. The number of nitrogens with zero attached hydrogens (tertiary/aromatic N) is 3. The van der Waals surface area contributed by atoms with Crippen LogP contribution in [0.15, 0.2) is 24.3 Å². The summed E-state index contributed by atoms with van der Waals surface area (Å²) in [5.41, 5.74) is 2.73. The van der Waals surface area contributed by atoms with Gasteiger partial charge in [0.1, 0.15) is 5.82 Å². The van der Waals surface area contributed by atoms with Crippen LogP contribution in [0.5, 0.6) is 0 Å². The molecule has 0 atom stereocenters. The molecule has 1 aliphatic rings. The Bertz CT molecular complexity index is 570. The van der Waals surface area contributed by atoms with Crippen molar-refractivity contribution in [3.05, 3.63) is 41.2 Å². The quantitative estimate of drug-likeness (QED) is 0.898. The lowest BCUT2D eigenvalue weighted by Crippen LogP contribution is -2.28. The third kappa shape index (κ3) is 3.61. The van der Waals surface area contributed by atoms with Gasteiger partial charge < -0.3 is 10.2 Å². The fraction of sp³-hybridized carbons (Fsp3) is 0.500. The summed E-state index contributed by atoms with van der Waals surface area (Å²) in [6.07, 6.45) is 3.06. The van der Waals surface area contributed by atoms with Gasteiger partial charge in [-0.15, -0.1) is 5.10 Å². The molecular formula is C16H23N5. The van der Waals surface area contributed by atoms with Crippen LogP contribution in [-0.4, -0.2) is 41.4 Å². The first kappa shape index (κ1) is 14.1. The second-order valence-corrected chi connectivity index (χ2v) is 5.60. The Kier molecular flexibility index (Phi) is 4.50. The van der Waals surface area contributed by atoms with Crippen molar-refractivity contribution in [2.24, 2.45) is 0 Å². The molecule has 2 aromatic rings. The number of rotatable bonds is 4.